The molecule has 2 N–H and O–H groups in total. The van der Waals surface area contributed by atoms with Crippen LogP contribution < -0.4 is 0 Å². The highest BCUT2D eigenvalue weighted by atomic mass is 35.5. The van der Waals surface area contributed by atoms with Crippen molar-refractivity contribution in [2.45, 2.75) is 20.4 Å². The van der Waals surface area contributed by atoms with Crippen molar-refractivity contribution in [1.29, 1.82) is 0 Å². The van der Waals surface area contributed by atoms with Crippen LogP contribution in [0.4, 0.5) is 0 Å². The van der Waals surface area contributed by atoms with Gasteiger partial charge in [-0.15, -0.1) is 0 Å². The molecule has 0 saturated heterocycles. The number of aromatic nitrogens is 3. The van der Waals surface area contributed by atoms with Gasteiger partial charge >= 0.3 is 0 Å². The second-order valence-corrected chi connectivity index (χ2v) is 5.27. The summed E-state index contributed by atoms with van der Waals surface area (Å²) in [5.41, 5.74) is 2.79. The molecule has 100 valence electrons. The van der Waals surface area contributed by atoms with Crippen molar-refractivity contribution in [3.8, 4) is 0 Å². The Hall–Kier alpha value is -1.65. The number of imidazole rings is 1. The Morgan fingerprint density at radius 1 is 1.26 bits per heavy atom. The first-order valence-corrected chi connectivity index (χ1v) is 6.43. The molecule has 1 aromatic carbocycles. The van der Waals surface area contributed by atoms with Gasteiger partial charge in [0.05, 0.1) is 17.4 Å². The van der Waals surface area contributed by atoms with Gasteiger partial charge in [-0.05, 0) is 12.0 Å². The van der Waals surface area contributed by atoms with Gasteiger partial charge in [-0.1, -0.05) is 43.6 Å². The van der Waals surface area contributed by atoms with Crippen molar-refractivity contribution in [3.05, 3.63) is 35.7 Å². The van der Waals surface area contributed by atoms with E-state index in [-0.39, 0.29) is 5.48 Å². The summed E-state index contributed by atoms with van der Waals surface area (Å²) in [5, 5.41) is 1.58. The fourth-order valence-corrected chi connectivity index (χ4v) is 2.51. The molecule has 0 fully saturated rings. The van der Waals surface area contributed by atoms with Crippen molar-refractivity contribution in [3.63, 3.8) is 0 Å². The van der Waals surface area contributed by atoms with Crippen LogP contribution in [0, 0.1) is 5.92 Å². The van der Waals surface area contributed by atoms with Crippen molar-refractivity contribution in [1.82, 2.24) is 14.5 Å². The van der Waals surface area contributed by atoms with Crippen LogP contribution in [0.15, 0.2) is 30.6 Å². The van der Waals surface area contributed by atoms with E-state index >= 15 is 0 Å². The Morgan fingerprint density at radius 3 is 2.74 bits per heavy atom. The molecule has 3 rings (SSSR count). The Labute approximate surface area is 116 Å². The fraction of sp³-hybridized carbons (Fsp3) is 0.286. The molecular formula is C14H16ClN3O. The average molecular weight is 278 g/mol. The quantitative estimate of drug-likeness (QED) is 0.676. The van der Waals surface area contributed by atoms with Crippen molar-refractivity contribution < 1.29 is 5.48 Å². The largest absolute Gasteiger partial charge is 0.412 e. The summed E-state index contributed by atoms with van der Waals surface area (Å²) in [6, 6.07) is 8.04. The highest BCUT2D eigenvalue weighted by Gasteiger charge is 2.12. The maximum atomic E-state index is 6.20. The normalized spacial score (nSPS) is 11.2. The number of pyridine rings is 1. The minimum Gasteiger partial charge on any atom is -0.412 e. The summed E-state index contributed by atoms with van der Waals surface area (Å²) in [5.74, 6) is 0.563. The second-order valence-electron chi connectivity index (χ2n) is 4.91. The molecule has 0 radical (unpaired) electrons. The van der Waals surface area contributed by atoms with Crippen molar-refractivity contribution in [2.75, 3.05) is 0 Å². The zero-order valence-electron chi connectivity index (χ0n) is 10.9. The van der Waals surface area contributed by atoms with E-state index in [0.717, 1.165) is 28.5 Å². The van der Waals surface area contributed by atoms with Gasteiger partial charge in [0.1, 0.15) is 5.52 Å². The van der Waals surface area contributed by atoms with Crippen LogP contribution in [0.5, 0.6) is 0 Å². The smallest absolute Gasteiger partial charge is 0.157 e. The standard InChI is InChI=1S/C14H14ClN3.H2O/c1-9(2)7-18-8-16-12-13(18)10-5-3-4-6-11(10)17-14(12)15;/h3-6,8-9H,7H2,1-2H3;1H2. The van der Waals surface area contributed by atoms with E-state index < -0.39 is 0 Å². The van der Waals surface area contributed by atoms with E-state index in [1.54, 1.807) is 0 Å². The van der Waals surface area contributed by atoms with Crippen LogP contribution in [0.2, 0.25) is 5.15 Å². The van der Waals surface area contributed by atoms with Gasteiger partial charge in [0.15, 0.2) is 5.15 Å². The van der Waals surface area contributed by atoms with Gasteiger partial charge in [0, 0.05) is 11.9 Å². The van der Waals surface area contributed by atoms with Crippen molar-refractivity contribution >= 4 is 33.5 Å². The molecule has 0 atom stereocenters. The molecule has 0 bridgehead atoms. The Morgan fingerprint density at radius 2 is 2.00 bits per heavy atom. The first-order valence-electron chi connectivity index (χ1n) is 6.06. The summed E-state index contributed by atoms with van der Waals surface area (Å²) in [6.07, 6.45) is 1.85. The zero-order valence-corrected chi connectivity index (χ0v) is 11.6. The summed E-state index contributed by atoms with van der Waals surface area (Å²) in [6.45, 7) is 5.31. The lowest BCUT2D eigenvalue weighted by molar-refractivity contribution is 0.533. The van der Waals surface area contributed by atoms with E-state index in [0.29, 0.717) is 11.1 Å². The molecule has 19 heavy (non-hydrogen) atoms. The third-order valence-electron chi connectivity index (χ3n) is 2.97. The highest BCUT2D eigenvalue weighted by Crippen LogP contribution is 2.28. The number of benzene rings is 1. The number of halogens is 1. The molecule has 2 aromatic heterocycles. The minimum atomic E-state index is 0. The third-order valence-corrected chi connectivity index (χ3v) is 3.24. The molecule has 0 spiro atoms. The van der Waals surface area contributed by atoms with Crippen LogP contribution in [-0.4, -0.2) is 20.0 Å². The molecule has 0 unspecified atom stereocenters. The number of para-hydroxylation sites is 1. The first-order chi connectivity index (χ1) is 8.66. The second kappa shape index (κ2) is 5.15. The molecule has 4 nitrogen and oxygen atoms in total. The van der Waals surface area contributed by atoms with E-state index in [2.05, 4.69) is 34.4 Å². The lowest BCUT2D eigenvalue weighted by Crippen LogP contribution is -2.03. The predicted octanol–water partition coefficient (Wildman–Crippen LogP) is 3.07. The van der Waals surface area contributed by atoms with Gasteiger partial charge < -0.3 is 10.0 Å². The van der Waals surface area contributed by atoms with Gasteiger partial charge in [0.2, 0.25) is 0 Å². The van der Waals surface area contributed by atoms with Crippen LogP contribution in [0.25, 0.3) is 21.9 Å². The lowest BCUT2D eigenvalue weighted by Gasteiger charge is -2.09. The molecule has 0 aliphatic carbocycles. The molecule has 3 aromatic rings. The summed E-state index contributed by atoms with van der Waals surface area (Å²) in [7, 11) is 0. The zero-order chi connectivity index (χ0) is 12.7. The Bertz CT molecular complexity index is 721. The molecule has 2 heterocycles. The maximum Gasteiger partial charge on any atom is 0.157 e. The Kier molecular flexibility index (Phi) is 3.73. The van der Waals surface area contributed by atoms with Crippen LogP contribution in [0.3, 0.4) is 0 Å². The molecule has 0 aliphatic heterocycles. The summed E-state index contributed by atoms with van der Waals surface area (Å²) < 4.78 is 2.16. The fourth-order valence-electron chi connectivity index (χ4n) is 2.28. The predicted molar refractivity (Wildman–Crippen MR) is 78.5 cm³/mol. The van der Waals surface area contributed by atoms with Gasteiger partial charge in [-0.2, -0.15) is 0 Å². The minimum absolute atomic E-state index is 0. The molecule has 0 saturated carbocycles. The molecule has 0 amide bonds. The molecular weight excluding hydrogens is 262 g/mol. The number of hydrogen-bond acceptors (Lipinski definition) is 2. The van der Waals surface area contributed by atoms with Crippen molar-refractivity contribution in [2.24, 2.45) is 5.92 Å². The first kappa shape index (κ1) is 13.8. The number of nitrogens with zero attached hydrogens (tertiary/aromatic N) is 3. The number of rotatable bonds is 2. The highest BCUT2D eigenvalue weighted by molar-refractivity contribution is 6.35. The maximum absolute atomic E-state index is 6.20. The van der Waals surface area contributed by atoms with Crippen LogP contribution >= 0.6 is 11.6 Å². The number of fused-ring (bicyclic) bond motifs is 3. The van der Waals surface area contributed by atoms with E-state index in [9.17, 15) is 0 Å². The monoisotopic (exact) mass is 277 g/mol. The van der Waals surface area contributed by atoms with Crippen LogP contribution in [-0.2, 0) is 6.54 Å². The Balaban J connectivity index is 0.00000133. The topological polar surface area (TPSA) is 62.2 Å². The molecule has 0 aliphatic rings. The van der Waals surface area contributed by atoms with Crippen LogP contribution in [0.1, 0.15) is 13.8 Å². The SMILES string of the molecule is CC(C)Cn1cnc2c(Cl)nc3ccccc3c21.O. The van der Waals surface area contributed by atoms with Gasteiger partial charge in [-0.3, -0.25) is 0 Å². The molecule has 5 heteroatoms. The lowest BCUT2D eigenvalue weighted by atomic mass is 10.2. The van der Waals surface area contributed by atoms with E-state index in [4.69, 9.17) is 11.6 Å². The third kappa shape index (κ3) is 2.29. The summed E-state index contributed by atoms with van der Waals surface area (Å²) in [4.78, 5) is 8.78. The van der Waals surface area contributed by atoms with E-state index in [1.165, 1.54) is 0 Å². The van der Waals surface area contributed by atoms with E-state index in [1.807, 2.05) is 24.5 Å². The number of hydrogen-bond donors (Lipinski definition) is 0. The van der Waals surface area contributed by atoms with Gasteiger partial charge in [-0.25, -0.2) is 9.97 Å². The summed E-state index contributed by atoms with van der Waals surface area (Å²) >= 11 is 6.20. The van der Waals surface area contributed by atoms with Gasteiger partial charge in [0.25, 0.3) is 0 Å². The average Bonchev–Trinajstić information content (AvgIpc) is 2.73.